The van der Waals surface area contributed by atoms with Crippen molar-refractivity contribution < 1.29 is 23.4 Å². The van der Waals surface area contributed by atoms with Crippen LogP contribution in [0.15, 0.2) is 180 Å². The minimum Gasteiger partial charge on any atom is -0.486 e. The smallest absolute Gasteiger partial charge is 0.252 e. The van der Waals surface area contributed by atoms with Crippen LogP contribution in [0.2, 0.25) is 0 Å². The third-order valence-corrected chi connectivity index (χ3v) is 16.4. The van der Waals surface area contributed by atoms with Crippen LogP contribution in [0.25, 0.3) is 33.1 Å². The van der Waals surface area contributed by atoms with Crippen LogP contribution in [-0.2, 0) is 16.2 Å². The zero-order valence-corrected chi connectivity index (χ0v) is 46.5. The van der Waals surface area contributed by atoms with E-state index in [4.69, 9.17) is 23.4 Å². The minimum atomic E-state index is -0.128. The van der Waals surface area contributed by atoms with Crippen molar-refractivity contribution in [2.45, 2.75) is 78.6 Å². The highest BCUT2D eigenvalue weighted by molar-refractivity contribution is 7.00. The highest BCUT2D eigenvalue weighted by Crippen LogP contribution is 2.51. The summed E-state index contributed by atoms with van der Waals surface area (Å²) in [5.74, 6) is 3.84. The molecule has 79 heavy (non-hydrogen) atoms. The van der Waals surface area contributed by atoms with E-state index in [-0.39, 0.29) is 23.0 Å². The summed E-state index contributed by atoms with van der Waals surface area (Å²) in [6.07, 6.45) is 0. The van der Waals surface area contributed by atoms with Gasteiger partial charge in [-0.25, -0.2) is 0 Å². The Hall–Kier alpha value is -8.56. The molecule has 4 aliphatic heterocycles. The fourth-order valence-electron chi connectivity index (χ4n) is 12.2. The first-order valence-corrected chi connectivity index (χ1v) is 27.8. The SMILES string of the molecule is CC(C)(C)c1ccc(N(c2cc3c4c(c2)N(c2ccc5c(c2)OCCO5)c2ccc(C(C)(C)C)cc2B4c2cc(C(C)(C)C)ccc2N3c2ccc3c(c2)OCCO3)c2ccc3cc(-c4cc5ccccc5o4)ccc3c2)cc1. The average molecular weight is 1040 g/mol. The molecule has 0 radical (unpaired) electrons. The van der Waals surface area contributed by atoms with Gasteiger partial charge >= 0.3 is 0 Å². The molecule has 0 N–H and O–H groups in total. The summed E-state index contributed by atoms with van der Waals surface area (Å²) in [4.78, 5) is 7.38. The maximum atomic E-state index is 6.38. The van der Waals surface area contributed by atoms with Gasteiger partial charge in [-0.05, 0) is 151 Å². The van der Waals surface area contributed by atoms with Gasteiger partial charge in [0.05, 0.1) is 17.1 Å². The van der Waals surface area contributed by atoms with E-state index >= 15 is 0 Å². The lowest BCUT2D eigenvalue weighted by atomic mass is 9.33. The topological polar surface area (TPSA) is 59.8 Å². The summed E-state index contributed by atoms with van der Waals surface area (Å²) in [5, 5.41) is 3.34. The van der Waals surface area contributed by atoms with Crippen molar-refractivity contribution in [1.29, 1.82) is 0 Å². The van der Waals surface area contributed by atoms with Crippen molar-refractivity contribution in [3.05, 3.63) is 193 Å². The summed E-state index contributed by atoms with van der Waals surface area (Å²) in [6.45, 7) is 22.6. The van der Waals surface area contributed by atoms with E-state index in [1.165, 1.54) is 33.1 Å². The van der Waals surface area contributed by atoms with Crippen LogP contribution in [0, 0.1) is 0 Å². The zero-order chi connectivity index (χ0) is 54.1. The molecule has 0 bridgehead atoms. The van der Waals surface area contributed by atoms with Crippen LogP contribution in [0.5, 0.6) is 23.0 Å². The van der Waals surface area contributed by atoms with Crippen molar-refractivity contribution in [2.75, 3.05) is 41.1 Å². The number of hydrogen-bond acceptors (Lipinski definition) is 8. The van der Waals surface area contributed by atoms with E-state index < -0.39 is 0 Å². The van der Waals surface area contributed by atoms with Crippen LogP contribution in [0.4, 0.5) is 51.2 Å². The number of anilines is 9. The van der Waals surface area contributed by atoms with Crippen molar-refractivity contribution in [2.24, 2.45) is 0 Å². The Morgan fingerprint density at radius 2 is 0.899 bits per heavy atom. The molecule has 0 spiro atoms. The van der Waals surface area contributed by atoms with Gasteiger partial charge in [-0.15, -0.1) is 0 Å². The van der Waals surface area contributed by atoms with E-state index in [9.17, 15) is 0 Å². The van der Waals surface area contributed by atoms with E-state index in [0.717, 1.165) is 107 Å². The van der Waals surface area contributed by atoms with Crippen LogP contribution in [0.3, 0.4) is 0 Å². The van der Waals surface area contributed by atoms with Gasteiger partial charge in [-0.2, -0.15) is 0 Å². The van der Waals surface area contributed by atoms with Gasteiger partial charge in [0.25, 0.3) is 6.71 Å². The predicted octanol–water partition coefficient (Wildman–Crippen LogP) is 16.2. The molecule has 10 aromatic rings. The molecule has 0 fully saturated rings. The molecule has 0 aliphatic carbocycles. The molecule has 392 valence electrons. The Morgan fingerprint density at radius 3 is 1.46 bits per heavy atom. The Labute approximate surface area is 463 Å². The summed E-state index contributed by atoms with van der Waals surface area (Å²) < 4.78 is 31.5. The fourth-order valence-corrected chi connectivity index (χ4v) is 12.2. The number of para-hydroxylation sites is 1. The Kier molecular flexibility index (Phi) is 11.1. The molecule has 0 saturated carbocycles. The van der Waals surface area contributed by atoms with Crippen LogP contribution >= 0.6 is 0 Å². The quantitative estimate of drug-likeness (QED) is 0.153. The molecule has 9 heteroatoms. The van der Waals surface area contributed by atoms with Gasteiger partial charge in [-0.3, -0.25) is 0 Å². The van der Waals surface area contributed by atoms with Crippen LogP contribution < -0.4 is 50.0 Å². The van der Waals surface area contributed by atoms with Crippen molar-refractivity contribution in [1.82, 2.24) is 0 Å². The number of benzene rings is 9. The molecule has 0 amide bonds. The van der Waals surface area contributed by atoms with Crippen molar-refractivity contribution >= 4 is 96.0 Å². The first-order valence-electron chi connectivity index (χ1n) is 27.8. The van der Waals surface area contributed by atoms with Crippen LogP contribution in [0.1, 0.15) is 79.0 Å². The molecular formula is C70H64BN3O5. The Balaban J connectivity index is 1.06. The van der Waals surface area contributed by atoms with Gasteiger partial charge in [0.15, 0.2) is 23.0 Å². The Bertz CT molecular complexity index is 3900. The summed E-state index contributed by atoms with van der Waals surface area (Å²) >= 11 is 0. The van der Waals surface area contributed by atoms with Gasteiger partial charge < -0.3 is 38.1 Å². The molecule has 0 saturated heterocycles. The monoisotopic (exact) mass is 1040 g/mol. The molecule has 0 unspecified atom stereocenters. The summed E-state index contributed by atoms with van der Waals surface area (Å²) in [7, 11) is 0. The second-order valence-corrected chi connectivity index (χ2v) is 24.7. The third-order valence-electron chi connectivity index (χ3n) is 16.4. The minimum absolute atomic E-state index is 0.0381. The number of ether oxygens (including phenoxy) is 4. The maximum absolute atomic E-state index is 6.38. The van der Waals surface area contributed by atoms with E-state index in [1.807, 2.05) is 12.1 Å². The van der Waals surface area contributed by atoms with Gasteiger partial charge in [0, 0.05) is 57.2 Å². The lowest BCUT2D eigenvalue weighted by Crippen LogP contribution is -2.61. The average Bonchev–Trinajstić information content (AvgIpc) is 4.06. The number of hydrogen-bond donors (Lipinski definition) is 0. The zero-order valence-electron chi connectivity index (χ0n) is 46.5. The van der Waals surface area contributed by atoms with Crippen molar-refractivity contribution in [3.8, 4) is 34.3 Å². The summed E-state index contributed by atoms with van der Waals surface area (Å²) in [6, 6.07) is 65.0. The molecule has 0 atom stereocenters. The molecule has 14 rings (SSSR count). The van der Waals surface area contributed by atoms with E-state index in [1.54, 1.807) is 0 Å². The number of fused-ring (bicyclic) bond motifs is 8. The molecule has 5 heterocycles. The molecular weight excluding hydrogens is 974 g/mol. The maximum Gasteiger partial charge on any atom is 0.252 e. The Morgan fingerprint density at radius 1 is 0.392 bits per heavy atom. The highest BCUT2D eigenvalue weighted by Gasteiger charge is 2.45. The normalized spacial score (nSPS) is 14.5. The van der Waals surface area contributed by atoms with Crippen molar-refractivity contribution in [3.63, 3.8) is 0 Å². The van der Waals surface area contributed by atoms with Gasteiger partial charge in [0.2, 0.25) is 0 Å². The van der Waals surface area contributed by atoms with Gasteiger partial charge in [0.1, 0.15) is 37.8 Å². The lowest BCUT2D eigenvalue weighted by Gasteiger charge is -2.45. The van der Waals surface area contributed by atoms with Crippen LogP contribution in [-0.4, -0.2) is 33.1 Å². The second-order valence-electron chi connectivity index (χ2n) is 24.7. The molecule has 1 aromatic heterocycles. The fraction of sp³-hybridized carbons (Fsp3) is 0.229. The lowest BCUT2D eigenvalue weighted by molar-refractivity contribution is 0.171. The highest BCUT2D eigenvalue weighted by atomic mass is 16.6. The predicted molar refractivity (Wildman–Crippen MR) is 326 cm³/mol. The molecule has 4 aliphatic rings. The first kappa shape index (κ1) is 48.8. The molecule has 8 nitrogen and oxygen atoms in total. The van der Waals surface area contributed by atoms with E-state index in [0.29, 0.717) is 26.4 Å². The standard InChI is InChI=1S/C70H64BN3O5/c1-68(2,3)47-17-22-50(23-18-47)72(51-21-16-43-34-46(15-14-44(43)35-51)64-36-45-12-10-11-13-61(45)79-64)54-39-59-67-60(40-54)74(53-25-29-63-66(42-53)78-33-31-76-63)58-27-20-49(70(7,8)9)38-56(58)71(67)55-37-48(69(4,5)6)19-26-57(55)73(59)52-24-28-62-65(41-52)77-32-30-75-62/h10-29,34-42H,30-33H2,1-9H3. The number of rotatable bonds is 6. The number of furan rings is 1. The first-order chi connectivity index (χ1) is 38.0. The molecule has 9 aromatic carbocycles. The number of nitrogens with zero attached hydrogens (tertiary/aromatic N) is 3. The van der Waals surface area contributed by atoms with Gasteiger partial charge in [-0.1, -0.05) is 135 Å². The van der Waals surface area contributed by atoms with E-state index in [2.05, 4.69) is 241 Å². The third kappa shape index (κ3) is 8.35. The largest absolute Gasteiger partial charge is 0.486 e. The summed E-state index contributed by atoms with van der Waals surface area (Å²) in [5.41, 5.74) is 18.7. The second kappa shape index (κ2) is 18.0.